The summed E-state index contributed by atoms with van der Waals surface area (Å²) in [6.45, 7) is 11.4. The molecular formula is C15H27BrN2O3. The van der Waals surface area contributed by atoms with E-state index in [0.29, 0.717) is 12.5 Å². The zero-order valence-corrected chi connectivity index (χ0v) is 15.2. The number of carbonyl (C=O) groups is 2. The molecule has 6 heteroatoms. The van der Waals surface area contributed by atoms with Gasteiger partial charge in [-0.3, -0.25) is 4.79 Å². The molecule has 0 bridgehead atoms. The standard InChI is InChI=1S/C15H27BrN2O3/c1-14(2,3)21-13(20)17-10-11-6-8-18(9-7-11)12(19)15(4,5)16/h11H,6-10H2,1-5H3,(H,17,20). The number of piperidine rings is 1. The third kappa shape index (κ3) is 6.68. The van der Waals surface area contributed by atoms with E-state index in [0.717, 1.165) is 25.9 Å². The highest BCUT2D eigenvalue weighted by molar-refractivity contribution is 9.10. The van der Waals surface area contributed by atoms with Gasteiger partial charge in [-0.2, -0.15) is 0 Å². The normalized spacial score (nSPS) is 17.5. The lowest BCUT2D eigenvalue weighted by Crippen LogP contribution is -2.47. The number of rotatable bonds is 3. The van der Waals surface area contributed by atoms with Crippen molar-refractivity contribution in [3.05, 3.63) is 0 Å². The van der Waals surface area contributed by atoms with E-state index in [1.807, 2.05) is 39.5 Å². The monoisotopic (exact) mass is 362 g/mol. The molecule has 1 saturated heterocycles. The van der Waals surface area contributed by atoms with E-state index in [2.05, 4.69) is 21.2 Å². The van der Waals surface area contributed by atoms with Crippen LogP contribution in [0.25, 0.3) is 0 Å². The Morgan fingerprint density at radius 2 is 1.71 bits per heavy atom. The summed E-state index contributed by atoms with van der Waals surface area (Å²) < 4.78 is 4.71. The highest BCUT2D eigenvalue weighted by atomic mass is 79.9. The highest BCUT2D eigenvalue weighted by Gasteiger charge is 2.31. The number of hydrogen-bond donors (Lipinski definition) is 1. The fourth-order valence-corrected chi connectivity index (χ4v) is 2.51. The lowest BCUT2D eigenvalue weighted by atomic mass is 9.96. The number of alkyl halides is 1. The molecule has 0 saturated carbocycles. The van der Waals surface area contributed by atoms with E-state index in [1.54, 1.807) is 0 Å². The number of alkyl carbamates (subject to hydrolysis) is 1. The van der Waals surface area contributed by atoms with Crippen molar-refractivity contribution in [1.82, 2.24) is 10.2 Å². The van der Waals surface area contributed by atoms with Gasteiger partial charge in [-0.05, 0) is 53.4 Å². The molecule has 0 aromatic rings. The predicted octanol–water partition coefficient (Wildman–Crippen LogP) is 2.92. The van der Waals surface area contributed by atoms with Gasteiger partial charge in [-0.25, -0.2) is 4.79 Å². The maximum Gasteiger partial charge on any atom is 0.407 e. The molecule has 0 aromatic carbocycles. The summed E-state index contributed by atoms with van der Waals surface area (Å²) in [6, 6.07) is 0. The van der Waals surface area contributed by atoms with Crippen LogP contribution in [0.5, 0.6) is 0 Å². The van der Waals surface area contributed by atoms with Crippen LogP contribution in [0, 0.1) is 5.92 Å². The van der Waals surface area contributed by atoms with E-state index in [1.165, 1.54) is 0 Å². The first kappa shape index (κ1) is 18.3. The molecule has 0 unspecified atom stereocenters. The van der Waals surface area contributed by atoms with Gasteiger partial charge < -0.3 is 15.0 Å². The van der Waals surface area contributed by atoms with Crippen LogP contribution < -0.4 is 5.32 Å². The lowest BCUT2D eigenvalue weighted by molar-refractivity contribution is -0.134. The fourth-order valence-electron chi connectivity index (χ4n) is 2.26. The van der Waals surface area contributed by atoms with Crippen molar-refractivity contribution in [2.45, 2.75) is 57.4 Å². The van der Waals surface area contributed by atoms with Gasteiger partial charge in [0.05, 0.1) is 4.32 Å². The molecule has 1 aliphatic heterocycles. The first-order chi connectivity index (χ1) is 9.49. The van der Waals surface area contributed by atoms with Crippen molar-refractivity contribution in [2.75, 3.05) is 19.6 Å². The van der Waals surface area contributed by atoms with Crippen molar-refractivity contribution in [1.29, 1.82) is 0 Å². The quantitative estimate of drug-likeness (QED) is 0.785. The molecule has 1 aliphatic rings. The Balaban J connectivity index is 2.31. The van der Waals surface area contributed by atoms with Gasteiger partial charge in [0.25, 0.3) is 0 Å². The molecule has 21 heavy (non-hydrogen) atoms. The summed E-state index contributed by atoms with van der Waals surface area (Å²) in [7, 11) is 0. The Kier molecular flexibility index (Phi) is 6.08. The fraction of sp³-hybridized carbons (Fsp3) is 0.867. The van der Waals surface area contributed by atoms with E-state index < -0.39 is 9.93 Å². The summed E-state index contributed by atoms with van der Waals surface area (Å²) in [5.41, 5.74) is -0.471. The second-order valence-corrected chi connectivity index (χ2v) is 9.07. The summed E-state index contributed by atoms with van der Waals surface area (Å²) >= 11 is 3.41. The topological polar surface area (TPSA) is 58.6 Å². The average molecular weight is 363 g/mol. The zero-order chi connectivity index (χ0) is 16.3. The molecule has 0 radical (unpaired) electrons. The highest BCUT2D eigenvalue weighted by Crippen LogP contribution is 2.24. The van der Waals surface area contributed by atoms with Gasteiger partial charge in [0, 0.05) is 19.6 Å². The van der Waals surface area contributed by atoms with Crippen LogP contribution in [0.3, 0.4) is 0 Å². The number of hydrogen-bond acceptors (Lipinski definition) is 3. The summed E-state index contributed by atoms with van der Waals surface area (Å²) in [5.74, 6) is 0.529. The van der Waals surface area contributed by atoms with Gasteiger partial charge in [0.15, 0.2) is 0 Å². The second kappa shape index (κ2) is 6.99. The summed E-state index contributed by atoms with van der Waals surface area (Å²) in [4.78, 5) is 25.6. The third-order valence-corrected chi connectivity index (χ3v) is 3.68. The van der Waals surface area contributed by atoms with E-state index in [9.17, 15) is 9.59 Å². The van der Waals surface area contributed by atoms with Gasteiger partial charge >= 0.3 is 6.09 Å². The van der Waals surface area contributed by atoms with Crippen molar-refractivity contribution >= 4 is 27.9 Å². The Morgan fingerprint density at radius 3 is 2.14 bits per heavy atom. The molecule has 0 aliphatic carbocycles. The first-order valence-electron chi connectivity index (χ1n) is 7.44. The minimum atomic E-state index is -0.505. The second-order valence-electron chi connectivity index (χ2n) is 7.09. The summed E-state index contributed by atoms with van der Waals surface area (Å²) in [5, 5.41) is 2.81. The third-order valence-electron chi connectivity index (χ3n) is 3.34. The van der Waals surface area contributed by atoms with Crippen molar-refractivity contribution < 1.29 is 14.3 Å². The lowest BCUT2D eigenvalue weighted by Gasteiger charge is -2.35. The zero-order valence-electron chi connectivity index (χ0n) is 13.7. The number of halogens is 1. The molecule has 5 nitrogen and oxygen atoms in total. The maximum atomic E-state index is 12.1. The van der Waals surface area contributed by atoms with Gasteiger partial charge in [0.1, 0.15) is 5.60 Å². The van der Waals surface area contributed by atoms with Crippen LogP contribution >= 0.6 is 15.9 Å². The van der Waals surface area contributed by atoms with E-state index >= 15 is 0 Å². The number of ether oxygens (including phenoxy) is 1. The van der Waals surface area contributed by atoms with Crippen LogP contribution in [0.1, 0.15) is 47.5 Å². The molecular weight excluding hydrogens is 336 g/mol. The molecule has 0 atom stereocenters. The smallest absolute Gasteiger partial charge is 0.407 e. The average Bonchev–Trinajstić information content (AvgIpc) is 2.33. The Hall–Kier alpha value is -0.780. The van der Waals surface area contributed by atoms with Crippen LogP contribution in [0.15, 0.2) is 0 Å². The van der Waals surface area contributed by atoms with Gasteiger partial charge in [0.2, 0.25) is 5.91 Å². The Bertz CT molecular complexity index is 377. The Labute approximate surface area is 135 Å². The predicted molar refractivity (Wildman–Crippen MR) is 86.5 cm³/mol. The maximum absolute atomic E-state index is 12.1. The molecule has 1 rings (SSSR count). The van der Waals surface area contributed by atoms with Crippen LogP contribution in [0.4, 0.5) is 4.79 Å². The SMILES string of the molecule is CC(C)(C)OC(=O)NCC1CCN(C(=O)C(C)(C)Br)CC1. The molecule has 2 amide bonds. The number of nitrogens with one attached hydrogen (secondary N) is 1. The minimum Gasteiger partial charge on any atom is -0.444 e. The van der Waals surface area contributed by atoms with Crippen molar-refractivity contribution in [3.63, 3.8) is 0 Å². The largest absolute Gasteiger partial charge is 0.444 e. The van der Waals surface area contributed by atoms with E-state index in [-0.39, 0.29) is 12.0 Å². The first-order valence-corrected chi connectivity index (χ1v) is 8.23. The number of carbonyl (C=O) groups excluding carboxylic acids is 2. The molecule has 0 aromatic heterocycles. The Morgan fingerprint density at radius 1 is 1.19 bits per heavy atom. The van der Waals surface area contributed by atoms with Gasteiger partial charge in [-0.15, -0.1) is 0 Å². The minimum absolute atomic E-state index is 0.126. The molecule has 1 N–H and O–H groups in total. The number of likely N-dealkylation sites (tertiary alicyclic amines) is 1. The van der Waals surface area contributed by atoms with Crippen LogP contribution in [-0.2, 0) is 9.53 Å². The molecule has 122 valence electrons. The molecule has 1 fully saturated rings. The van der Waals surface area contributed by atoms with E-state index in [4.69, 9.17) is 4.74 Å². The molecule has 0 spiro atoms. The number of nitrogens with zero attached hydrogens (tertiary/aromatic N) is 1. The van der Waals surface area contributed by atoms with Crippen molar-refractivity contribution in [2.24, 2.45) is 5.92 Å². The van der Waals surface area contributed by atoms with Crippen LogP contribution in [0.2, 0.25) is 0 Å². The van der Waals surface area contributed by atoms with Crippen LogP contribution in [-0.4, -0.2) is 46.5 Å². The molecule has 1 heterocycles. The van der Waals surface area contributed by atoms with Gasteiger partial charge in [-0.1, -0.05) is 15.9 Å². The number of amides is 2. The summed E-state index contributed by atoms with van der Waals surface area (Å²) in [6.07, 6.45) is 1.44. The van der Waals surface area contributed by atoms with Crippen molar-refractivity contribution in [3.8, 4) is 0 Å².